The van der Waals surface area contributed by atoms with Crippen LogP contribution in [0.25, 0.3) is 0 Å². The van der Waals surface area contributed by atoms with Crippen molar-refractivity contribution in [2.75, 3.05) is 5.75 Å². The van der Waals surface area contributed by atoms with E-state index >= 15 is 0 Å². The van der Waals surface area contributed by atoms with Crippen molar-refractivity contribution in [3.05, 3.63) is 29.3 Å². The van der Waals surface area contributed by atoms with Crippen LogP contribution >= 0.6 is 11.8 Å². The number of hydrogen-bond donors (Lipinski definition) is 3. The summed E-state index contributed by atoms with van der Waals surface area (Å²) < 4.78 is 0. The van der Waals surface area contributed by atoms with Crippen molar-refractivity contribution in [1.29, 1.82) is 0 Å². The molecule has 18 heavy (non-hydrogen) atoms. The normalized spacial score (nSPS) is 23.2. The molecule has 1 aromatic rings. The summed E-state index contributed by atoms with van der Waals surface area (Å²) in [4.78, 5) is 10.9. The Morgan fingerprint density at radius 1 is 1.56 bits per heavy atom. The summed E-state index contributed by atoms with van der Waals surface area (Å²) in [5.41, 5.74) is 1.71. The number of aromatic hydroxyl groups is 1. The van der Waals surface area contributed by atoms with Crippen LogP contribution in [0, 0.1) is 0 Å². The third kappa shape index (κ3) is 2.62. The van der Waals surface area contributed by atoms with E-state index in [1.165, 1.54) is 11.8 Å². The molecule has 1 heterocycles. The molecule has 0 bridgehead atoms. The lowest BCUT2D eigenvalue weighted by Crippen LogP contribution is -2.33. The number of carbonyl (C=O) groups is 1. The number of benzene rings is 1. The third-order valence-electron chi connectivity index (χ3n) is 3.03. The highest BCUT2D eigenvalue weighted by Crippen LogP contribution is 2.38. The number of carboxylic acids is 1. The number of thioether (sulfide) groups is 1. The van der Waals surface area contributed by atoms with E-state index in [1.54, 1.807) is 0 Å². The fraction of sp³-hybridized carbons (Fsp3) is 0.462. The first kappa shape index (κ1) is 13.2. The standard InChI is InChI=1S/C13H17NO3S/c1-2-4-8-5-3-6-9(11(8)15)12-14-10(7-18-12)13(16)17/h3,5-6,10,12,14-15H,2,4,7H2,1H3,(H,16,17). The van der Waals surface area contributed by atoms with E-state index in [1.807, 2.05) is 18.2 Å². The molecule has 4 nitrogen and oxygen atoms in total. The van der Waals surface area contributed by atoms with Crippen LogP contribution in [0.2, 0.25) is 0 Å². The first-order chi connectivity index (χ1) is 8.63. The van der Waals surface area contributed by atoms with Gasteiger partial charge in [-0.25, -0.2) is 0 Å². The number of aryl methyl sites for hydroxylation is 1. The van der Waals surface area contributed by atoms with Gasteiger partial charge in [0, 0.05) is 11.3 Å². The van der Waals surface area contributed by atoms with Crippen molar-refractivity contribution in [3.63, 3.8) is 0 Å². The second kappa shape index (κ2) is 5.63. The summed E-state index contributed by atoms with van der Waals surface area (Å²) in [5, 5.41) is 22.0. The van der Waals surface area contributed by atoms with Gasteiger partial charge in [0.15, 0.2) is 0 Å². The maximum Gasteiger partial charge on any atom is 0.321 e. The van der Waals surface area contributed by atoms with E-state index < -0.39 is 12.0 Å². The van der Waals surface area contributed by atoms with Crippen molar-refractivity contribution >= 4 is 17.7 Å². The number of carboxylic acid groups (broad SMARTS) is 1. The molecule has 1 saturated heterocycles. The molecule has 2 rings (SSSR count). The first-order valence-corrected chi connectivity index (χ1v) is 7.09. The van der Waals surface area contributed by atoms with Gasteiger partial charge in [0.1, 0.15) is 11.8 Å². The highest BCUT2D eigenvalue weighted by molar-refractivity contribution is 7.99. The Morgan fingerprint density at radius 3 is 2.94 bits per heavy atom. The zero-order valence-corrected chi connectivity index (χ0v) is 11.0. The Balaban J connectivity index is 2.19. The number of para-hydroxylation sites is 1. The quantitative estimate of drug-likeness (QED) is 0.779. The molecule has 3 N–H and O–H groups in total. The van der Waals surface area contributed by atoms with Gasteiger partial charge in [0.05, 0.1) is 5.37 Å². The van der Waals surface area contributed by atoms with E-state index in [9.17, 15) is 9.90 Å². The van der Waals surface area contributed by atoms with Crippen LogP contribution in [0.1, 0.15) is 29.8 Å². The lowest BCUT2D eigenvalue weighted by atomic mass is 10.0. The van der Waals surface area contributed by atoms with E-state index in [0.29, 0.717) is 11.5 Å². The second-order valence-electron chi connectivity index (χ2n) is 4.38. The molecule has 0 amide bonds. The summed E-state index contributed by atoms with van der Waals surface area (Å²) in [6.07, 6.45) is 1.80. The Morgan fingerprint density at radius 2 is 2.33 bits per heavy atom. The Labute approximate surface area is 110 Å². The van der Waals surface area contributed by atoms with Crippen molar-refractivity contribution < 1.29 is 15.0 Å². The van der Waals surface area contributed by atoms with Crippen molar-refractivity contribution in [1.82, 2.24) is 5.32 Å². The molecule has 1 aromatic carbocycles. The third-order valence-corrected chi connectivity index (χ3v) is 4.28. The summed E-state index contributed by atoms with van der Waals surface area (Å²) in [6, 6.07) is 5.14. The van der Waals surface area contributed by atoms with E-state index in [2.05, 4.69) is 12.2 Å². The van der Waals surface area contributed by atoms with Crippen LogP contribution < -0.4 is 5.32 Å². The lowest BCUT2D eigenvalue weighted by molar-refractivity contribution is -0.138. The minimum absolute atomic E-state index is 0.136. The fourth-order valence-electron chi connectivity index (χ4n) is 2.09. The molecule has 0 aromatic heterocycles. The van der Waals surface area contributed by atoms with E-state index in [0.717, 1.165) is 24.0 Å². The Kier molecular flexibility index (Phi) is 4.14. The average Bonchev–Trinajstić information content (AvgIpc) is 2.81. The Bertz CT molecular complexity index is 450. The van der Waals surface area contributed by atoms with Gasteiger partial charge in [-0.15, -0.1) is 11.8 Å². The van der Waals surface area contributed by atoms with Crippen LogP contribution in [0.3, 0.4) is 0 Å². The minimum atomic E-state index is -0.839. The maximum atomic E-state index is 10.9. The number of rotatable bonds is 4. The summed E-state index contributed by atoms with van der Waals surface area (Å²) in [6.45, 7) is 2.06. The minimum Gasteiger partial charge on any atom is -0.507 e. The summed E-state index contributed by atoms with van der Waals surface area (Å²) in [7, 11) is 0. The van der Waals surface area contributed by atoms with Gasteiger partial charge in [-0.1, -0.05) is 31.5 Å². The largest absolute Gasteiger partial charge is 0.507 e. The van der Waals surface area contributed by atoms with Crippen LogP contribution in [0.15, 0.2) is 18.2 Å². The molecule has 2 unspecified atom stereocenters. The highest BCUT2D eigenvalue weighted by Gasteiger charge is 2.31. The molecular formula is C13H17NO3S. The molecule has 0 aliphatic carbocycles. The second-order valence-corrected chi connectivity index (χ2v) is 5.51. The molecule has 1 aliphatic rings. The van der Waals surface area contributed by atoms with Crippen LogP contribution in [-0.4, -0.2) is 28.0 Å². The molecule has 1 aliphatic heterocycles. The van der Waals surface area contributed by atoms with E-state index in [4.69, 9.17) is 5.11 Å². The smallest absolute Gasteiger partial charge is 0.321 e. The SMILES string of the molecule is CCCc1cccc(C2NC(C(=O)O)CS2)c1O. The molecular weight excluding hydrogens is 250 g/mol. The molecule has 1 fully saturated rings. The summed E-state index contributed by atoms with van der Waals surface area (Å²) >= 11 is 1.52. The molecule has 2 atom stereocenters. The van der Waals surface area contributed by atoms with Gasteiger partial charge >= 0.3 is 5.97 Å². The predicted octanol–water partition coefficient (Wildman–Crippen LogP) is 2.13. The zero-order chi connectivity index (χ0) is 13.1. The zero-order valence-electron chi connectivity index (χ0n) is 10.2. The molecule has 5 heteroatoms. The Hall–Kier alpha value is -1.20. The number of phenolic OH excluding ortho intramolecular Hbond substituents is 1. The van der Waals surface area contributed by atoms with Gasteiger partial charge in [-0.3, -0.25) is 10.1 Å². The fourth-order valence-corrected chi connectivity index (χ4v) is 3.34. The molecule has 0 radical (unpaired) electrons. The van der Waals surface area contributed by atoms with Gasteiger partial charge < -0.3 is 10.2 Å². The molecule has 98 valence electrons. The summed E-state index contributed by atoms with van der Waals surface area (Å²) in [5.74, 6) is -0.0122. The van der Waals surface area contributed by atoms with Gasteiger partial charge in [0.25, 0.3) is 0 Å². The number of aliphatic carboxylic acids is 1. The topological polar surface area (TPSA) is 69.6 Å². The van der Waals surface area contributed by atoms with Gasteiger partial charge in [-0.2, -0.15) is 0 Å². The maximum absolute atomic E-state index is 10.9. The van der Waals surface area contributed by atoms with Crippen molar-refractivity contribution in [3.8, 4) is 5.75 Å². The van der Waals surface area contributed by atoms with Gasteiger partial charge in [-0.05, 0) is 12.0 Å². The van der Waals surface area contributed by atoms with Crippen molar-refractivity contribution in [2.45, 2.75) is 31.2 Å². The highest BCUT2D eigenvalue weighted by atomic mass is 32.2. The van der Waals surface area contributed by atoms with E-state index in [-0.39, 0.29) is 5.37 Å². The van der Waals surface area contributed by atoms with Crippen LogP contribution in [-0.2, 0) is 11.2 Å². The number of nitrogens with one attached hydrogen (secondary N) is 1. The van der Waals surface area contributed by atoms with Crippen molar-refractivity contribution in [2.24, 2.45) is 0 Å². The van der Waals surface area contributed by atoms with Gasteiger partial charge in [0.2, 0.25) is 0 Å². The molecule has 0 spiro atoms. The van der Waals surface area contributed by atoms with Crippen LogP contribution in [0.5, 0.6) is 5.75 Å². The average molecular weight is 267 g/mol. The predicted molar refractivity (Wildman–Crippen MR) is 71.9 cm³/mol. The monoisotopic (exact) mass is 267 g/mol. The number of phenols is 1. The van der Waals surface area contributed by atoms with Crippen LogP contribution in [0.4, 0.5) is 0 Å². The number of hydrogen-bond acceptors (Lipinski definition) is 4. The lowest BCUT2D eigenvalue weighted by Gasteiger charge is -2.15. The molecule has 0 saturated carbocycles. The first-order valence-electron chi connectivity index (χ1n) is 6.04.